The molecular formula is C13H20N8. The lowest BCUT2D eigenvalue weighted by atomic mass is 10.1. The van der Waals surface area contributed by atoms with Crippen molar-refractivity contribution >= 4 is 11.9 Å². The summed E-state index contributed by atoms with van der Waals surface area (Å²) in [6.07, 6.45) is 10.3. The molecule has 0 bridgehead atoms. The highest BCUT2D eigenvalue weighted by Crippen LogP contribution is 2.26. The zero-order valence-corrected chi connectivity index (χ0v) is 12.1. The number of hydrogen-bond donors (Lipinski definition) is 2. The van der Waals surface area contributed by atoms with Crippen LogP contribution in [0.1, 0.15) is 25.7 Å². The van der Waals surface area contributed by atoms with E-state index in [9.17, 15) is 0 Å². The average Bonchev–Trinajstić information content (AvgIpc) is 3.20. The SMILES string of the molecule is CN(CC1CCCC1)c1nc(NN)nc(-n2ccnc2)n1. The molecule has 0 saturated heterocycles. The third kappa shape index (κ3) is 3.10. The molecule has 0 unspecified atom stereocenters. The van der Waals surface area contributed by atoms with Crippen molar-refractivity contribution in [3.63, 3.8) is 0 Å². The van der Waals surface area contributed by atoms with Crippen molar-refractivity contribution in [2.45, 2.75) is 25.7 Å². The lowest BCUT2D eigenvalue weighted by Gasteiger charge is -2.21. The van der Waals surface area contributed by atoms with Crippen molar-refractivity contribution < 1.29 is 0 Å². The van der Waals surface area contributed by atoms with Crippen molar-refractivity contribution in [3.05, 3.63) is 18.7 Å². The van der Waals surface area contributed by atoms with Crippen LogP contribution < -0.4 is 16.2 Å². The van der Waals surface area contributed by atoms with E-state index in [4.69, 9.17) is 5.84 Å². The molecule has 1 aliphatic rings. The summed E-state index contributed by atoms with van der Waals surface area (Å²) in [5, 5.41) is 0. The van der Waals surface area contributed by atoms with Gasteiger partial charge in [0.25, 0.3) is 0 Å². The average molecular weight is 288 g/mol. The Bertz CT molecular complexity index is 576. The maximum atomic E-state index is 5.46. The number of nitrogens with zero attached hydrogens (tertiary/aromatic N) is 6. The van der Waals surface area contributed by atoms with Crippen LogP contribution in [0.3, 0.4) is 0 Å². The quantitative estimate of drug-likeness (QED) is 0.625. The molecule has 2 aromatic rings. The van der Waals surface area contributed by atoms with E-state index in [0.717, 1.165) is 12.5 Å². The Kier molecular flexibility index (Phi) is 3.96. The Hall–Kier alpha value is -2.22. The van der Waals surface area contributed by atoms with Crippen LogP contribution in [0.2, 0.25) is 0 Å². The van der Waals surface area contributed by atoms with E-state index in [-0.39, 0.29) is 0 Å². The fraction of sp³-hybridized carbons (Fsp3) is 0.538. The van der Waals surface area contributed by atoms with Gasteiger partial charge in [0.2, 0.25) is 17.8 Å². The molecule has 8 heteroatoms. The maximum absolute atomic E-state index is 5.46. The van der Waals surface area contributed by atoms with Crippen LogP contribution in [0.15, 0.2) is 18.7 Å². The molecule has 0 aliphatic heterocycles. The van der Waals surface area contributed by atoms with E-state index in [1.54, 1.807) is 23.3 Å². The van der Waals surface area contributed by atoms with Gasteiger partial charge in [-0.05, 0) is 18.8 Å². The molecule has 2 heterocycles. The molecule has 1 aliphatic carbocycles. The van der Waals surface area contributed by atoms with Crippen LogP contribution in [-0.2, 0) is 0 Å². The number of anilines is 2. The molecule has 1 fully saturated rings. The summed E-state index contributed by atoms with van der Waals surface area (Å²) in [5.41, 5.74) is 2.50. The van der Waals surface area contributed by atoms with E-state index in [1.165, 1.54) is 25.7 Å². The number of hydrogen-bond acceptors (Lipinski definition) is 7. The lowest BCUT2D eigenvalue weighted by Crippen LogP contribution is -2.27. The molecule has 0 spiro atoms. The molecule has 2 aromatic heterocycles. The van der Waals surface area contributed by atoms with Crippen molar-refractivity contribution in [2.75, 3.05) is 23.9 Å². The van der Waals surface area contributed by atoms with E-state index >= 15 is 0 Å². The highest BCUT2D eigenvalue weighted by molar-refractivity contribution is 5.39. The highest BCUT2D eigenvalue weighted by atomic mass is 15.4. The minimum atomic E-state index is 0.349. The molecule has 112 valence electrons. The Morgan fingerprint density at radius 3 is 2.81 bits per heavy atom. The summed E-state index contributed by atoms with van der Waals surface area (Å²) in [7, 11) is 2.01. The number of nitrogens with two attached hydrogens (primary N) is 1. The molecule has 3 rings (SSSR count). The van der Waals surface area contributed by atoms with E-state index < -0.39 is 0 Å². The molecule has 0 aromatic carbocycles. The van der Waals surface area contributed by atoms with Gasteiger partial charge < -0.3 is 4.90 Å². The molecule has 8 nitrogen and oxygen atoms in total. The number of imidazole rings is 1. The second kappa shape index (κ2) is 6.04. The Labute approximate surface area is 123 Å². The summed E-state index contributed by atoms with van der Waals surface area (Å²) < 4.78 is 1.73. The van der Waals surface area contributed by atoms with Crippen LogP contribution in [-0.4, -0.2) is 38.1 Å². The van der Waals surface area contributed by atoms with Gasteiger partial charge in [0.05, 0.1) is 0 Å². The third-order valence-corrected chi connectivity index (χ3v) is 3.82. The fourth-order valence-corrected chi connectivity index (χ4v) is 2.74. The van der Waals surface area contributed by atoms with Gasteiger partial charge in [-0.2, -0.15) is 15.0 Å². The summed E-state index contributed by atoms with van der Waals surface area (Å²) in [6, 6.07) is 0. The van der Waals surface area contributed by atoms with E-state index in [0.29, 0.717) is 17.8 Å². The first-order chi connectivity index (χ1) is 10.3. The summed E-state index contributed by atoms with van der Waals surface area (Å²) in [4.78, 5) is 19.2. The zero-order valence-electron chi connectivity index (χ0n) is 12.1. The summed E-state index contributed by atoms with van der Waals surface area (Å²) in [5.74, 6) is 7.65. The number of rotatable bonds is 5. The van der Waals surface area contributed by atoms with E-state index in [1.807, 2.05) is 7.05 Å². The van der Waals surface area contributed by atoms with Crippen molar-refractivity contribution in [2.24, 2.45) is 11.8 Å². The highest BCUT2D eigenvalue weighted by Gasteiger charge is 2.19. The fourth-order valence-electron chi connectivity index (χ4n) is 2.74. The zero-order chi connectivity index (χ0) is 14.7. The topological polar surface area (TPSA) is 97.8 Å². The predicted molar refractivity (Wildman–Crippen MR) is 80.0 cm³/mol. The van der Waals surface area contributed by atoms with Gasteiger partial charge in [0.15, 0.2) is 0 Å². The largest absolute Gasteiger partial charge is 0.343 e. The third-order valence-electron chi connectivity index (χ3n) is 3.82. The monoisotopic (exact) mass is 288 g/mol. The summed E-state index contributed by atoms with van der Waals surface area (Å²) in [6.45, 7) is 0.956. The molecular weight excluding hydrogens is 268 g/mol. The molecule has 0 atom stereocenters. The minimum Gasteiger partial charge on any atom is -0.343 e. The lowest BCUT2D eigenvalue weighted by molar-refractivity contribution is 0.542. The molecule has 0 radical (unpaired) electrons. The Morgan fingerprint density at radius 1 is 1.33 bits per heavy atom. The standard InChI is InChI=1S/C13H20N8/c1-20(8-10-4-2-3-5-10)12-16-11(19-14)17-13(18-12)21-7-6-15-9-21/h6-7,9-10H,2-5,8,14H2,1H3,(H,16,17,18,19). The number of nitrogen functional groups attached to an aromatic ring is 1. The first kappa shape index (κ1) is 13.7. The van der Waals surface area contributed by atoms with Gasteiger partial charge in [-0.3, -0.25) is 9.99 Å². The van der Waals surface area contributed by atoms with Crippen LogP contribution in [0.5, 0.6) is 0 Å². The second-order valence-electron chi connectivity index (χ2n) is 5.40. The molecule has 21 heavy (non-hydrogen) atoms. The van der Waals surface area contributed by atoms with Crippen LogP contribution in [0, 0.1) is 5.92 Å². The number of hydrazine groups is 1. The second-order valence-corrected chi connectivity index (χ2v) is 5.40. The molecule has 1 saturated carbocycles. The Morgan fingerprint density at radius 2 is 2.14 bits per heavy atom. The van der Waals surface area contributed by atoms with Crippen molar-refractivity contribution in [3.8, 4) is 5.95 Å². The smallest absolute Gasteiger partial charge is 0.243 e. The van der Waals surface area contributed by atoms with Gasteiger partial charge >= 0.3 is 0 Å². The molecule has 0 amide bonds. The van der Waals surface area contributed by atoms with Crippen LogP contribution in [0.4, 0.5) is 11.9 Å². The van der Waals surface area contributed by atoms with Gasteiger partial charge in [0, 0.05) is 26.0 Å². The number of nitrogens with one attached hydrogen (secondary N) is 1. The van der Waals surface area contributed by atoms with Crippen molar-refractivity contribution in [1.82, 2.24) is 24.5 Å². The van der Waals surface area contributed by atoms with Gasteiger partial charge in [-0.1, -0.05) is 12.8 Å². The summed E-state index contributed by atoms with van der Waals surface area (Å²) >= 11 is 0. The first-order valence-electron chi connectivity index (χ1n) is 7.18. The number of aromatic nitrogens is 5. The van der Waals surface area contributed by atoms with Gasteiger partial charge in [0.1, 0.15) is 6.33 Å². The minimum absolute atomic E-state index is 0.349. The Balaban J connectivity index is 1.84. The maximum Gasteiger partial charge on any atom is 0.243 e. The van der Waals surface area contributed by atoms with E-state index in [2.05, 4.69) is 30.3 Å². The first-order valence-corrected chi connectivity index (χ1v) is 7.18. The molecule has 3 N–H and O–H groups in total. The van der Waals surface area contributed by atoms with Crippen molar-refractivity contribution in [1.29, 1.82) is 0 Å². The normalized spacial score (nSPS) is 15.3. The van der Waals surface area contributed by atoms with Gasteiger partial charge in [-0.25, -0.2) is 10.8 Å². The van der Waals surface area contributed by atoms with Crippen LogP contribution >= 0.6 is 0 Å². The predicted octanol–water partition coefficient (Wildman–Crippen LogP) is 0.969. The van der Waals surface area contributed by atoms with Gasteiger partial charge in [-0.15, -0.1) is 0 Å². The van der Waals surface area contributed by atoms with Crippen LogP contribution in [0.25, 0.3) is 5.95 Å².